The molecule has 6 heteroatoms. The Hall–Kier alpha value is -0.0266. The average Bonchev–Trinajstić information content (AvgIpc) is 2.64. The number of carboxylic acids is 1. The molecule has 159 valence electrons. The van der Waals surface area contributed by atoms with Gasteiger partial charge in [-0.2, -0.15) is 0 Å². The van der Waals surface area contributed by atoms with E-state index < -0.39 is 12.1 Å². The van der Waals surface area contributed by atoms with E-state index in [9.17, 15) is 9.90 Å². The molecule has 0 aliphatic heterocycles. The Balaban J connectivity index is -0.000000709. The van der Waals surface area contributed by atoms with E-state index in [2.05, 4.69) is 6.92 Å². The minimum atomic E-state index is -0.954. The molecular formula is C21H43O5Zn. The van der Waals surface area contributed by atoms with Crippen LogP contribution in [0.25, 0.3) is 0 Å². The Morgan fingerprint density at radius 1 is 0.704 bits per heavy atom. The van der Waals surface area contributed by atoms with Crippen LogP contribution in [0.15, 0.2) is 0 Å². The predicted octanol–water partition coefficient (Wildman–Crippen LogP) is 3.33. The first-order valence-corrected chi connectivity index (χ1v) is 10.7. The number of rotatable bonds is 18. The maximum absolute atomic E-state index is 10.2. The third-order valence-corrected chi connectivity index (χ3v) is 4.41. The van der Waals surface area contributed by atoms with E-state index >= 15 is 0 Å². The average molecular weight is 441 g/mol. The molecule has 0 bridgehead atoms. The summed E-state index contributed by atoms with van der Waals surface area (Å²) in [5.41, 5.74) is 0. The summed E-state index contributed by atoms with van der Waals surface area (Å²) in [6.45, 7) is 1.54. The minimum absolute atomic E-state index is 0. The van der Waals surface area contributed by atoms with E-state index in [0.29, 0.717) is 0 Å². The fourth-order valence-corrected chi connectivity index (χ4v) is 2.70. The van der Waals surface area contributed by atoms with Gasteiger partial charge in [0.25, 0.3) is 0 Å². The van der Waals surface area contributed by atoms with Crippen molar-refractivity contribution in [3.05, 3.63) is 0 Å². The molecule has 0 unspecified atom stereocenters. The second kappa shape index (κ2) is 28.2. The molecule has 1 radical (unpaired) electrons. The predicted molar refractivity (Wildman–Crippen MR) is 105 cm³/mol. The number of hydrogen-bond donors (Lipinski definition) is 3. The molecule has 0 aromatic carbocycles. The van der Waals surface area contributed by atoms with Crippen LogP contribution in [-0.4, -0.2) is 40.6 Å². The van der Waals surface area contributed by atoms with E-state index in [1.165, 1.54) is 83.5 Å². The van der Waals surface area contributed by atoms with E-state index in [-0.39, 0.29) is 39.1 Å². The Morgan fingerprint density at radius 2 is 1.00 bits per heavy atom. The van der Waals surface area contributed by atoms with Crippen LogP contribution < -0.4 is 5.11 Å². The van der Waals surface area contributed by atoms with Crippen LogP contribution >= 0.6 is 0 Å². The fourth-order valence-electron chi connectivity index (χ4n) is 2.70. The monoisotopic (exact) mass is 439 g/mol. The molecule has 5 nitrogen and oxygen atoms in total. The van der Waals surface area contributed by atoms with Crippen molar-refractivity contribution < 1.29 is 44.7 Å². The molecular weight excluding hydrogens is 398 g/mol. The summed E-state index contributed by atoms with van der Waals surface area (Å²) in [6.07, 6.45) is 18.9. The maximum Gasteiger partial charge on any atom is 1.00 e. The molecule has 0 saturated carbocycles. The summed E-state index contributed by atoms with van der Waals surface area (Å²) in [5, 5.41) is 34.2. The van der Waals surface area contributed by atoms with Crippen LogP contribution in [0.5, 0.6) is 0 Å². The Labute approximate surface area is 179 Å². The molecule has 0 aliphatic carbocycles. The zero-order chi connectivity index (χ0) is 19.9. The number of hydrogen-bond acceptors (Lipinski definition) is 5. The summed E-state index contributed by atoms with van der Waals surface area (Å²) in [6, 6.07) is 0. The van der Waals surface area contributed by atoms with Crippen molar-refractivity contribution in [2.24, 2.45) is 0 Å². The molecule has 0 aromatic heterocycles. The zero-order valence-electron chi connectivity index (χ0n) is 17.7. The first-order valence-electron chi connectivity index (χ1n) is 10.7. The van der Waals surface area contributed by atoms with Crippen molar-refractivity contribution in [2.75, 3.05) is 13.2 Å². The largest absolute Gasteiger partial charge is 1.00 e. The third kappa shape index (κ3) is 33.9. The van der Waals surface area contributed by atoms with Gasteiger partial charge in [-0.15, -0.1) is 0 Å². The van der Waals surface area contributed by atoms with Crippen LogP contribution in [0, 0.1) is 0 Å². The summed E-state index contributed by atoms with van der Waals surface area (Å²) in [7, 11) is 0. The maximum atomic E-state index is 10.2. The topological polar surface area (TPSA) is 101 Å². The number of aliphatic carboxylic acids is 1. The number of carbonyl (C=O) groups is 1. The smallest absolute Gasteiger partial charge is 0.550 e. The van der Waals surface area contributed by atoms with Gasteiger partial charge in [-0.3, -0.25) is 0 Å². The van der Waals surface area contributed by atoms with E-state index in [4.69, 9.17) is 15.3 Å². The molecule has 0 amide bonds. The van der Waals surface area contributed by atoms with E-state index in [0.717, 1.165) is 12.8 Å². The fraction of sp³-hybridized carbons (Fsp3) is 0.952. The van der Waals surface area contributed by atoms with E-state index in [1.807, 2.05) is 0 Å². The SMILES string of the molecule is CCCCCCCCCCCCCCCCCC(=O)[O-].OCC(O)CO.[Zn+]. The molecule has 0 aliphatic rings. The normalized spacial score (nSPS) is 10.3. The summed E-state index contributed by atoms with van der Waals surface area (Å²) in [4.78, 5) is 10.2. The Kier molecular flexibility index (Phi) is 33.1. The molecule has 27 heavy (non-hydrogen) atoms. The van der Waals surface area contributed by atoms with Crippen molar-refractivity contribution in [1.29, 1.82) is 0 Å². The molecule has 0 fully saturated rings. The van der Waals surface area contributed by atoms with Crippen molar-refractivity contribution in [1.82, 2.24) is 0 Å². The summed E-state index contributed by atoms with van der Waals surface area (Å²) in [5.74, 6) is -0.903. The van der Waals surface area contributed by atoms with Crippen molar-refractivity contribution in [2.45, 2.75) is 116 Å². The van der Waals surface area contributed by atoms with Crippen molar-refractivity contribution >= 4 is 5.97 Å². The van der Waals surface area contributed by atoms with E-state index in [1.54, 1.807) is 0 Å². The van der Waals surface area contributed by atoms with Gasteiger partial charge in [0.2, 0.25) is 0 Å². The van der Waals surface area contributed by atoms with Crippen molar-refractivity contribution in [3.63, 3.8) is 0 Å². The summed E-state index contributed by atoms with van der Waals surface area (Å²) >= 11 is 0. The minimum Gasteiger partial charge on any atom is -0.550 e. The van der Waals surface area contributed by atoms with Gasteiger partial charge >= 0.3 is 19.5 Å². The van der Waals surface area contributed by atoms with Crippen LogP contribution in [0.3, 0.4) is 0 Å². The molecule has 0 aromatic rings. The number of aliphatic hydroxyl groups excluding tert-OH is 3. The Bertz CT molecular complexity index is 273. The molecule has 0 rings (SSSR count). The van der Waals surface area contributed by atoms with Crippen LogP contribution in [0.4, 0.5) is 0 Å². The van der Waals surface area contributed by atoms with Gasteiger partial charge in [-0.25, -0.2) is 0 Å². The number of carboxylic acid groups (broad SMARTS) is 1. The standard InChI is InChI=1S/C18H36O2.C3H8O3.Zn/c1-2-3-4-5-6-7-8-9-10-11-12-13-14-15-16-17-18(19)20;4-1-3(6)2-5;/h2-17H2,1H3,(H,19,20);3-6H,1-2H2;/q;;+1/p-1. The van der Waals surface area contributed by atoms with Gasteiger partial charge in [0.15, 0.2) is 0 Å². The van der Waals surface area contributed by atoms with Gasteiger partial charge in [-0.1, -0.05) is 96.8 Å². The van der Waals surface area contributed by atoms with Crippen molar-refractivity contribution in [3.8, 4) is 0 Å². The first kappa shape index (κ1) is 31.7. The zero-order valence-corrected chi connectivity index (χ0v) is 20.6. The Morgan fingerprint density at radius 3 is 1.22 bits per heavy atom. The second-order valence-electron chi connectivity index (χ2n) is 7.09. The van der Waals surface area contributed by atoms with Crippen LogP contribution in [-0.2, 0) is 24.3 Å². The quantitative estimate of drug-likeness (QED) is 0.224. The van der Waals surface area contributed by atoms with Gasteiger partial charge in [-0.05, 0) is 12.8 Å². The third-order valence-electron chi connectivity index (χ3n) is 4.41. The second-order valence-corrected chi connectivity index (χ2v) is 7.09. The summed E-state index contributed by atoms with van der Waals surface area (Å²) < 4.78 is 0. The molecule has 0 spiro atoms. The number of unbranched alkanes of at least 4 members (excludes halogenated alkanes) is 14. The van der Waals surface area contributed by atoms with Crippen LogP contribution in [0.2, 0.25) is 0 Å². The van der Waals surface area contributed by atoms with Gasteiger partial charge in [0, 0.05) is 5.97 Å². The molecule has 3 N–H and O–H groups in total. The molecule has 0 atom stereocenters. The van der Waals surface area contributed by atoms with Gasteiger partial charge in [0.1, 0.15) is 6.10 Å². The first-order chi connectivity index (χ1) is 12.6. The van der Waals surface area contributed by atoms with Gasteiger partial charge in [0.05, 0.1) is 13.2 Å². The van der Waals surface area contributed by atoms with Gasteiger partial charge < -0.3 is 25.2 Å². The van der Waals surface area contributed by atoms with Crippen LogP contribution in [0.1, 0.15) is 110 Å². The molecule has 0 saturated heterocycles. The molecule has 0 heterocycles. The number of aliphatic hydroxyl groups is 3. The number of carbonyl (C=O) groups excluding carboxylic acids is 1.